The standard InChI is InChI=1S/C16H12N6OS/c1-21-12-5-3-2-4-10(12)19-15(21)11-8-24-16(20-11)22-13(23)6-9(7-17)14(22)18/h2-5,8H,6,18H2,1H3. The van der Waals surface area contributed by atoms with Gasteiger partial charge in [-0.25, -0.2) is 14.9 Å². The fourth-order valence-electron chi connectivity index (χ4n) is 2.74. The summed E-state index contributed by atoms with van der Waals surface area (Å²) in [6, 6.07) is 9.78. The molecule has 8 heteroatoms. The van der Waals surface area contributed by atoms with Gasteiger partial charge >= 0.3 is 0 Å². The van der Waals surface area contributed by atoms with E-state index in [1.54, 1.807) is 0 Å². The second-order valence-corrected chi connectivity index (χ2v) is 6.22. The Bertz CT molecular complexity index is 1050. The summed E-state index contributed by atoms with van der Waals surface area (Å²) in [5.74, 6) is 0.636. The molecule has 2 aromatic heterocycles. The minimum Gasteiger partial charge on any atom is -0.384 e. The quantitative estimate of drug-likeness (QED) is 0.772. The van der Waals surface area contributed by atoms with Crippen LogP contribution in [0.25, 0.3) is 22.6 Å². The van der Waals surface area contributed by atoms with E-state index in [-0.39, 0.29) is 23.7 Å². The van der Waals surface area contributed by atoms with Gasteiger partial charge in [0.2, 0.25) is 5.91 Å². The summed E-state index contributed by atoms with van der Waals surface area (Å²) in [4.78, 5) is 22.5. The van der Waals surface area contributed by atoms with Crippen molar-refractivity contribution < 1.29 is 4.79 Å². The molecule has 0 aliphatic carbocycles. The lowest BCUT2D eigenvalue weighted by Crippen LogP contribution is -2.28. The molecule has 1 aliphatic heterocycles. The third kappa shape index (κ3) is 1.99. The van der Waals surface area contributed by atoms with E-state index in [4.69, 9.17) is 11.0 Å². The number of thiazole rings is 1. The zero-order valence-electron chi connectivity index (χ0n) is 12.7. The molecule has 118 valence electrons. The number of carbonyl (C=O) groups is 1. The molecule has 0 saturated carbocycles. The van der Waals surface area contributed by atoms with Crippen LogP contribution in [0.4, 0.5) is 5.13 Å². The number of imidazole rings is 1. The molecular weight excluding hydrogens is 324 g/mol. The van der Waals surface area contributed by atoms with Crippen LogP contribution in [0.15, 0.2) is 41.0 Å². The molecule has 1 aliphatic rings. The van der Waals surface area contributed by atoms with Gasteiger partial charge < -0.3 is 10.3 Å². The van der Waals surface area contributed by atoms with Crippen molar-refractivity contribution in [1.29, 1.82) is 5.26 Å². The second kappa shape index (κ2) is 5.18. The van der Waals surface area contributed by atoms with E-state index in [9.17, 15) is 4.79 Å². The van der Waals surface area contributed by atoms with Crippen LogP contribution in [0.3, 0.4) is 0 Å². The number of hydrogen-bond acceptors (Lipinski definition) is 6. The number of carbonyl (C=O) groups excluding carboxylic acids is 1. The molecule has 0 saturated heterocycles. The normalized spacial score (nSPS) is 14.7. The van der Waals surface area contributed by atoms with Gasteiger partial charge in [0, 0.05) is 12.4 Å². The largest absolute Gasteiger partial charge is 0.384 e. The number of nitrogens with two attached hydrogens (primary N) is 1. The Morgan fingerprint density at radius 3 is 2.83 bits per heavy atom. The number of amides is 1. The molecule has 4 rings (SSSR count). The molecular formula is C16H12N6OS. The van der Waals surface area contributed by atoms with Crippen LogP contribution < -0.4 is 10.6 Å². The number of nitriles is 1. The SMILES string of the molecule is Cn1c(-c2csc(N3C(=O)CC(C#N)=C3N)n2)nc2ccccc21. The second-order valence-electron chi connectivity index (χ2n) is 5.38. The topological polar surface area (TPSA) is 101 Å². The smallest absolute Gasteiger partial charge is 0.239 e. The first-order chi connectivity index (χ1) is 11.6. The number of anilines is 1. The minimum absolute atomic E-state index is 0.0174. The van der Waals surface area contributed by atoms with Gasteiger partial charge in [0.1, 0.15) is 11.5 Å². The first kappa shape index (κ1) is 14.4. The lowest BCUT2D eigenvalue weighted by atomic mass is 10.2. The summed E-state index contributed by atoms with van der Waals surface area (Å²) in [7, 11) is 1.92. The van der Waals surface area contributed by atoms with Gasteiger partial charge in [-0.05, 0) is 12.1 Å². The van der Waals surface area contributed by atoms with E-state index in [0.717, 1.165) is 11.0 Å². The van der Waals surface area contributed by atoms with Crippen molar-refractivity contribution in [2.24, 2.45) is 12.8 Å². The highest BCUT2D eigenvalue weighted by atomic mass is 32.1. The van der Waals surface area contributed by atoms with Gasteiger partial charge in [-0.2, -0.15) is 5.26 Å². The highest BCUT2D eigenvalue weighted by Gasteiger charge is 2.32. The summed E-state index contributed by atoms with van der Waals surface area (Å²) < 4.78 is 1.96. The summed E-state index contributed by atoms with van der Waals surface area (Å²) >= 11 is 1.30. The molecule has 3 aromatic rings. The molecule has 0 spiro atoms. The van der Waals surface area contributed by atoms with Crippen LogP contribution in [0.1, 0.15) is 6.42 Å². The monoisotopic (exact) mass is 336 g/mol. The Morgan fingerprint density at radius 2 is 2.12 bits per heavy atom. The predicted molar refractivity (Wildman–Crippen MR) is 90.8 cm³/mol. The van der Waals surface area contributed by atoms with Gasteiger partial charge in [-0.1, -0.05) is 12.1 Å². The third-order valence-corrected chi connectivity index (χ3v) is 4.79. The molecule has 0 atom stereocenters. The van der Waals surface area contributed by atoms with Crippen molar-refractivity contribution in [2.75, 3.05) is 4.90 Å². The summed E-state index contributed by atoms with van der Waals surface area (Å²) in [5, 5.41) is 11.3. The van der Waals surface area contributed by atoms with Crippen molar-refractivity contribution in [3.05, 3.63) is 41.0 Å². The zero-order chi connectivity index (χ0) is 16.8. The van der Waals surface area contributed by atoms with Crippen LogP contribution >= 0.6 is 11.3 Å². The van der Waals surface area contributed by atoms with Crippen LogP contribution in [0.5, 0.6) is 0 Å². The Hall–Kier alpha value is -3.18. The fourth-order valence-corrected chi connectivity index (χ4v) is 3.57. The van der Waals surface area contributed by atoms with E-state index in [1.807, 2.05) is 47.3 Å². The molecule has 1 amide bonds. The van der Waals surface area contributed by atoms with E-state index in [0.29, 0.717) is 16.6 Å². The Kier molecular flexibility index (Phi) is 3.11. The van der Waals surface area contributed by atoms with Crippen LogP contribution in [0.2, 0.25) is 0 Å². The number of hydrogen-bond donors (Lipinski definition) is 1. The lowest BCUT2D eigenvalue weighted by Gasteiger charge is -2.12. The zero-order valence-corrected chi connectivity index (χ0v) is 13.5. The highest BCUT2D eigenvalue weighted by Crippen LogP contribution is 2.33. The Labute approximate surface area is 141 Å². The van der Waals surface area contributed by atoms with E-state index in [1.165, 1.54) is 16.2 Å². The van der Waals surface area contributed by atoms with Crippen molar-refractivity contribution in [3.63, 3.8) is 0 Å². The van der Waals surface area contributed by atoms with Gasteiger partial charge in [-0.15, -0.1) is 11.3 Å². The first-order valence-corrected chi connectivity index (χ1v) is 8.07. The number of rotatable bonds is 2. The van der Waals surface area contributed by atoms with Gasteiger partial charge in [0.05, 0.1) is 29.1 Å². The van der Waals surface area contributed by atoms with Crippen LogP contribution in [0, 0.1) is 11.3 Å². The van der Waals surface area contributed by atoms with Crippen molar-refractivity contribution >= 4 is 33.4 Å². The van der Waals surface area contributed by atoms with Crippen LogP contribution in [-0.4, -0.2) is 20.4 Å². The number of benzene rings is 1. The maximum absolute atomic E-state index is 12.1. The Morgan fingerprint density at radius 1 is 1.33 bits per heavy atom. The van der Waals surface area contributed by atoms with Crippen molar-refractivity contribution in [1.82, 2.24) is 14.5 Å². The van der Waals surface area contributed by atoms with E-state index >= 15 is 0 Å². The number of para-hydroxylation sites is 2. The summed E-state index contributed by atoms with van der Waals surface area (Å²) in [5.41, 5.74) is 8.73. The lowest BCUT2D eigenvalue weighted by molar-refractivity contribution is -0.116. The summed E-state index contributed by atoms with van der Waals surface area (Å²) in [6.07, 6.45) is 0.0174. The molecule has 0 radical (unpaired) electrons. The van der Waals surface area contributed by atoms with Gasteiger partial charge in [0.25, 0.3) is 0 Å². The molecule has 1 aromatic carbocycles. The minimum atomic E-state index is -0.241. The first-order valence-electron chi connectivity index (χ1n) is 7.19. The maximum atomic E-state index is 12.1. The number of nitrogens with zero attached hydrogens (tertiary/aromatic N) is 5. The molecule has 0 fully saturated rings. The third-order valence-electron chi connectivity index (χ3n) is 3.96. The van der Waals surface area contributed by atoms with Crippen molar-refractivity contribution in [2.45, 2.75) is 6.42 Å². The average Bonchev–Trinajstić information content (AvgIpc) is 3.25. The maximum Gasteiger partial charge on any atom is 0.239 e. The molecule has 0 unspecified atom stereocenters. The van der Waals surface area contributed by atoms with E-state index < -0.39 is 0 Å². The number of aromatic nitrogens is 3. The highest BCUT2D eigenvalue weighted by molar-refractivity contribution is 7.14. The molecule has 2 N–H and O–H groups in total. The predicted octanol–water partition coefficient (Wildman–Crippen LogP) is 2.13. The fraction of sp³-hybridized carbons (Fsp3) is 0.125. The van der Waals surface area contributed by atoms with Gasteiger partial charge in [0.15, 0.2) is 11.0 Å². The molecule has 24 heavy (non-hydrogen) atoms. The number of aryl methyl sites for hydroxylation is 1. The summed E-state index contributed by atoms with van der Waals surface area (Å²) in [6.45, 7) is 0. The average molecular weight is 336 g/mol. The molecule has 0 bridgehead atoms. The molecule has 3 heterocycles. The van der Waals surface area contributed by atoms with Gasteiger partial charge in [-0.3, -0.25) is 4.79 Å². The van der Waals surface area contributed by atoms with E-state index in [2.05, 4.69) is 9.97 Å². The van der Waals surface area contributed by atoms with Crippen LogP contribution in [-0.2, 0) is 11.8 Å². The Balaban J connectivity index is 1.78. The van der Waals surface area contributed by atoms with Crippen molar-refractivity contribution in [3.8, 4) is 17.6 Å². The molecule has 7 nitrogen and oxygen atoms in total. The number of fused-ring (bicyclic) bond motifs is 1.